The molecule has 1 aromatic heterocycles. The van der Waals surface area contributed by atoms with Crippen molar-refractivity contribution in [2.75, 3.05) is 11.1 Å². The van der Waals surface area contributed by atoms with Crippen LogP contribution in [0.15, 0.2) is 30.3 Å². The Morgan fingerprint density at radius 1 is 1.30 bits per heavy atom. The first kappa shape index (κ1) is 14.1. The third-order valence-electron chi connectivity index (χ3n) is 2.43. The van der Waals surface area contributed by atoms with E-state index in [1.54, 1.807) is 6.07 Å². The van der Waals surface area contributed by atoms with Crippen LogP contribution in [0.2, 0.25) is 10.0 Å². The Hall–Kier alpha value is -2.29. The minimum Gasteiger partial charge on any atom is -0.384 e. The third kappa shape index (κ3) is 2.99. The van der Waals surface area contributed by atoms with Gasteiger partial charge >= 0.3 is 0 Å². The van der Waals surface area contributed by atoms with Gasteiger partial charge in [0.2, 0.25) is 0 Å². The molecule has 3 N–H and O–H groups in total. The Labute approximate surface area is 124 Å². The van der Waals surface area contributed by atoms with Gasteiger partial charge in [-0.15, -0.1) is 0 Å². The summed E-state index contributed by atoms with van der Waals surface area (Å²) in [6.45, 7) is 0. The normalized spacial score (nSPS) is 9.85. The van der Waals surface area contributed by atoms with E-state index >= 15 is 0 Å². The Balaban J connectivity index is 2.35. The van der Waals surface area contributed by atoms with E-state index in [0.29, 0.717) is 5.02 Å². The van der Waals surface area contributed by atoms with Crippen LogP contribution in [0.3, 0.4) is 0 Å². The van der Waals surface area contributed by atoms with E-state index in [4.69, 9.17) is 34.2 Å². The smallest absolute Gasteiger partial charge is 0.275 e. The Morgan fingerprint density at radius 2 is 2.05 bits per heavy atom. The van der Waals surface area contributed by atoms with Gasteiger partial charge in [-0.2, -0.15) is 5.26 Å². The van der Waals surface area contributed by atoms with Crippen molar-refractivity contribution in [3.05, 3.63) is 51.6 Å². The van der Waals surface area contributed by atoms with Gasteiger partial charge < -0.3 is 11.1 Å². The summed E-state index contributed by atoms with van der Waals surface area (Å²) in [5.41, 5.74) is 6.06. The van der Waals surface area contributed by atoms with Gasteiger partial charge in [0.25, 0.3) is 5.91 Å². The van der Waals surface area contributed by atoms with Crippen molar-refractivity contribution in [3.8, 4) is 6.07 Å². The Bertz CT molecular complexity index is 725. The van der Waals surface area contributed by atoms with Crippen molar-refractivity contribution in [1.29, 1.82) is 5.26 Å². The number of aromatic nitrogens is 1. The van der Waals surface area contributed by atoms with Crippen molar-refractivity contribution < 1.29 is 4.79 Å². The number of anilines is 2. The maximum Gasteiger partial charge on any atom is 0.275 e. The van der Waals surface area contributed by atoms with Crippen molar-refractivity contribution in [2.45, 2.75) is 0 Å². The largest absolute Gasteiger partial charge is 0.384 e. The van der Waals surface area contributed by atoms with Crippen LogP contribution in [0, 0.1) is 11.3 Å². The standard InChI is InChI=1S/C13H8Cl2N4O/c14-8-2-1-7(6-16)10(5-8)18-13(20)12-9(15)3-4-11(17)19-12/h1-5H,(H2,17,19)(H,18,20). The minimum absolute atomic E-state index is 0.0180. The number of nitrogens with one attached hydrogen (secondary N) is 1. The summed E-state index contributed by atoms with van der Waals surface area (Å²) >= 11 is 11.7. The average Bonchev–Trinajstić information content (AvgIpc) is 2.41. The number of benzene rings is 1. The molecular formula is C13H8Cl2N4O. The van der Waals surface area contributed by atoms with Crippen LogP contribution < -0.4 is 11.1 Å². The molecule has 0 saturated carbocycles. The summed E-state index contributed by atoms with van der Waals surface area (Å²) < 4.78 is 0. The number of pyridine rings is 1. The molecule has 7 heteroatoms. The van der Waals surface area contributed by atoms with Crippen LogP contribution in [-0.4, -0.2) is 10.9 Å². The molecule has 1 aromatic carbocycles. The fraction of sp³-hybridized carbons (Fsp3) is 0. The predicted octanol–water partition coefficient (Wildman–Crippen LogP) is 3.09. The maximum atomic E-state index is 12.1. The van der Waals surface area contributed by atoms with E-state index < -0.39 is 5.91 Å². The third-order valence-corrected chi connectivity index (χ3v) is 2.97. The van der Waals surface area contributed by atoms with Crippen molar-refractivity contribution >= 4 is 40.6 Å². The van der Waals surface area contributed by atoms with Crippen LogP contribution in [-0.2, 0) is 0 Å². The summed E-state index contributed by atoms with van der Waals surface area (Å²) in [6, 6.07) is 9.45. The number of nitrogens with zero attached hydrogens (tertiary/aromatic N) is 2. The number of carbonyl (C=O) groups is 1. The van der Waals surface area contributed by atoms with E-state index in [-0.39, 0.29) is 27.8 Å². The lowest BCUT2D eigenvalue weighted by molar-refractivity contribution is 0.102. The molecule has 0 fully saturated rings. The first-order valence-corrected chi connectivity index (χ1v) is 6.20. The molecule has 0 aliphatic carbocycles. The molecule has 0 radical (unpaired) electrons. The first-order valence-electron chi connectivity index (χ1n) is 5.44. The van der Waals surface area contributed by atoms with Gasteiger partial charge in [0, 0.05) is 5.02 Å². The van der Waals surface area contributed by atoms with Gasteiger partial charge in [0.15, 0.2) is 0 Å². The Morgan fingerprint density at radius 3 is 2.75 bits per heavy atom. The number of amides is 1. The molecular weight excluding hydrogens is 299 g/mol. The maximum absolute atomic E-state index is 12.1. The number of hydrogen-bond acceptors (Lipinski definition) is 4. The lowest BCUT2D eigenvalue weighted by Gasteiger charge is -2.08. The zero-order chi connectivity index (χ0) is 14.7. The van der Waals surface area contributed by atoms with Gasteiger partial charge in [-0.3, -0.25) is 4.79 Å². The second-order valence-electron chi connectivity index (χ2n) is 3.82. The average molecular weight is 307 g/mol. The molecule has 0 bridgehead atoms. The minimum atomic E-state index is -0.568. The summed E-state index contributed by atoms with van der Waals surface area (Å²) in [7, 11) is 0. The molecule has 0 aliphatic rings. The first-order chi connectivity index (χ1) is 9.51. The van der Waals surface area contributed by atoms with Crippen molar-refractivity contribution in [1.82, 2.24) is 4.98 Å². The number of rotatable bonds is 2. The van der Waals surface area contributed by atoms with Gasteiger partial charge in [0.1, 0.15) is 17.6 Å². The van der Waals surface area contributed by atoms with Gasteiger partial charge in [-0.05, 0) is 30.3 Å². The number of nitrogens with two attached hydrogens (primary N) is 1. The van der Waals surface area contributed by atoms with Crippen LogP contribution in [0.25, 0.3) is 0 Å². The van der Waals surface area contributed by atoms with E-state index in [1.165, 1.54) is 24.3 Å². The molecule has 2 aromatic rings. The second kappa shape index (κ2) is 5.78. The molecule has 0 spiro atoms. The predicted molar refractivity (Wildman–Crippen MR) is 77.8 cm³/mol. The Kier molecular flexibility index (Phi) is 4.08. The quantitative estimate of drug-likeness (QED) is 0.891. The number of nitriles is 1. The van der Waals surface area contributed by atoms with Crippen LogP contribution in [0.5, 0.6) is 0 Å². The number of halogens is 2. The molecule has 2 rings (SSSR count). The van der Waals surface area contributed by atoms with Gasteiger partial charge in [0.05, 0.1) is 16.3 Å². The van der Waals surface area contributed by atoms with E-state index in [9.17, 15) is 4.79 Å². The highest BCUT2D eigenvalue weighted by Crippen LogP contribution is 2.22. The van der Waals surface area contributed by atoms with E-state index in [1.807, 2.05) is 6.07 Å². The zero-order valence-electron chi connectivity index (χ0n) is 10.0. The monoisotopic (exact) mass is 306 g/mol. The van der Waals surface area contributed by atoms with E-state index in [2.05, 4.69) is 10.3 Å². The molecule has 20 heavy (non-hydrogen) atoms. The molecule has 1 amide bonds. The summed E-state index contributed by atoms with van der Waals surface area (Å²) in [4.78, 5) is 16.0. The fourth-order valence-electron chi connectivity index (χ4n) is 1.52. The van der Waals surface area contributed by atoms with Gasteiger partial charge in [-0.1, -0.05) is 23.2 Å². The molecule has 1 heterocycles. The van der Waals surface area contributed by atoms with E-state index in [0.717, 1.165) is 0 Å². The summed E-state index contributed by atoms with van der Waals surface area (Å²) in [6.07, 6.45) is 0. The number of nitrogen functional groups attached to an aromatic ring is 1. The molecule has 0 atom stereocenters. The van der Waals surface area contributed by atoms with Crippen LogP contribution in [0.1, 0.15) is 16.1 Å². The van der Waals surface area contributed by atoms with Crippen LogP contribution in [0.4, 0.5) is 11.5 Å². The molecule has 5 nitrogen and oxygen atoms in total. The molecule has 0 unspecified atom stereocenters. The fourth-order valence-corrected chi connectivity index (χ4v) is 1.88. The highest BCUT2D eigenvalue weighted by atomic mass is 35.5. The SMILES string of the molecule is N#Cc1ccc(Cl)cc1NC(=O)c1nc(N)ccc1Cl. The molecule has 0 saturated heterocycles. The topological polar surface area (TPSA) is 91.8 Å². The zero-order valence-corrected chi connectivity index (χ0v) is 11.5. The molecule has 100 valence electrons. The number of carbonyl (C=O) groups excluding carboxylic acids is 1. The summed E-state index contributed by atoms with van der Waals surface area (Å²) in [5, 5.41) is 12.1. The number of hydrogen-bond donors (Lipinski definition) is 2. The summed E-state index contributed by atoms with van der Waals surface area (Å²) in [5.74, 6) is -0.396. The van der Waals surface area contributed by atoms with Crippen molar-refractivity contribution in [2.24, 2.45) is 0 Å². The second-order valence-corrected chi connectivity index (χ2v) is 4.67. The van der Waals surface area contributed by atoms with Gasteiger partial charge in [-0.25, -0.2) is 4.98 Å². The highest BCUT2D eigenvalue weighted by molar-refractivity contribution is 6.34. The van der Waals surface area contributed by atoms with Crippen LogP contribution >= 0.6 is 23.2 Å². The van der Waals surface area contributed by atoms with Crippen molar-refractivity contribution in [3.63, 3.8) is 0 Å². The lowest BCUT2D eigenvalue weighted by Crippen LogP contribution is -2.15. The lowest BCUT2D eigenvalue weighted by atomic mass is 10.2. The highest BCUT2D eigenvalue weighted by Gasteiger charge is 2.15. The molecule has 0 aliphatic heterocycles.